The van der Waals surface area contributed by atoms with Crippen LogP contribution in [0.2, 0.25) is 0 Å². The maximum absolute atomic E-state index is 13.6. The molecule has 6 nitrogen and oxygen atoms in total. The Labute approximate surface area is 114 Å². The molecule has 8 heteroatoms. The van der Waals surface area contributed by atoms with Gasteiger partial charge in [0.1, 0.15) is 5.82 Å². The van der Waals surface area contributed by atoms with Gasteiger partial charge < -0.3 is 11.1 Å². The fourth-order valence-corrected chi connectivity index (χ4v) is 1.66. The fraction of sp³-hybridized carbons (Fsp3) is 0.417. The monoisotopic (exact) mass is 287 g/mol. The number of benzene rings is 1. The highest BCUT2D eigenvalue weighted by molar-refractivity contribution is 5.96. The third-order valence-corrected chi connectivity index (χ3v) is 2.54. The third kappa shape index (κ3) is 3.95. The number of nitrogens with one attached hydrogen (secondary N) is 1. The number of nitrogens with zero attached hydrogens (tertiary/aromatic N) is 1. The molecule has 0 aliphatic rings. The van der Waals surface area contributed by atoms with Gasteiger partial charge in [-0.15, -0.1) is 0 Å². The average molecular weight is 287 g/mol. The first-order chi connectivity index (χ1) is 9.22. The van der Waals surface area contributed by atoms with Gasteiger partial charge in [-0.3, -0.25) is 14.9 Å². The number of amides is 1. The van der Waals surface area contributed by atoms with Crippen molar-refractivity contribution in [1.82, 2.24) is 0 Å². The lowest BCUT2D eigenvalue weighted by molar-refractivity contribution is -0.384. The molecule has 0 saturated carbocycles. The van der Waals surface area contributed by atoms with Crippen LogP contribution < -0.4 is 11.1 Å². The molecule has 0 fully saturated rings. The smallest absolute Gasteiger partial charge is 0.298 e. The van der Waals surface area contributed by atoms with E-state index in [-0.39, 0.29) is 5.92 Å². The number of rotatable bonds is 5. The van der Waals surface area contributed by atoms with Crippen molar-refractivity contribution in [3.63, 3.8) is 0 Å². The first-order valence-corrected chi connectivity index (χ1v) is 5.92. The maximum atomic E-state index is 13.6. The molecule has 0 aliphatic heterocycles. The van der Waals surface area contributed by atoms with E-state index in [1.165, 1.54) is 0 Å². The van der Waals surface area contributed by atoms with E-state index in [0.29, 0.717) is 18.6 Å². The van der Waals surface area contributed by atoms with E-state index in [0.717, 1.165) is 0 Å². The number of halogens is 2. The predicted molar refractivity (Wildman–Crippen MR) is 69.1 cm³/mol. The Hall–Kier alpha value is -2.09. The number of hydrogen-bond acceptors (Lipinski definition) is 4. The minimum atomic E-state index is -1.22. The Morgan fingerprint density at radius 3 is 2.55 bits per heavy atom. The average Bonchev–Trinajstić information content (AvgIpc) is 2.30. The molecule has 1 aromatic carbocycles. The van der Waals surface area contributed by atoms with Gasteiger partial charge in [0.25, 0.3) is 5.69 Å². The molecule has 1 rings (SSSR count). The van der Waals surface area contributed by atoms with Gasteiger partial charge in [-0.05, 0) is 12.3 Å². The maximum Gasteiger partial charge on any atom is 0.298 e. The number of carbonyl (C=O) groups excluding carboxylic acids is 1. The van der Waals surface area contributed by atoms with Gasteiger partial charge in [-0.25, -0.2) is 8.78 Å². The summed E-state index contributed by atoms with van der Waals surface area (Å²) in [5.74, 6) is -2.95. The molecule has 1 atom stereocenters. The first-order valence-electron chi connectivity index (χ1n) is 5.92. The molecule has 0 bridgehead atoms. The lowest BCUT2D eigenvalue weighted by atomic mass is 10.0. The van der Waals surface area contributed by atoms with Gasteiger partial charge in [0, 0.05) is 6.07 Å². The van der Waals surface area contributed by atoms with Gasteiger partial charge in [0.05, 0.1) is 17.0 Å². The Balaban J connectivity index is 3.03. The molecule has 1 unspecified atom stereocenters. The topological polar surface area (TPSA) is 98.3 Å². The van der Waals surface area contributed by atoms with Gasteiger partial charge in [0.2, 0.25) is 5.91 Å². The van der Waals surface area contributed by atoms with Crippen LogP contribution in [-0.4, -0.2) is 16.9 Å². The summed E-state index contributed by atoms with van der Waals surface area (Å²) in [6.45, 7) is 3.68. The standard InChI is InChI=1S/C12H15F2N3O3/c1-6(2)3-9(15)12(18)16-11-8(14)4-7(13)5-10(11)17(19)20/h4-6,9H,3,15H2,1-2H3,(H,16,18). The third-order valence-electron chi connectivity index (χ3n) is 2.54. The molecule has 110 valence electrons. The molecule has 1 aromatic rings. The minimum Gasteiger partial charge on any atom is -0.320 e. The molecule has 0 aromatic heterocycles. The zero-order chi connectivity index (χ0) is 15.4. The van der Waals surface area contributed by atoms with E-state index in [1.807, 2.05) is 19.2 Å². The normalized spacial score (nSPS) is 12.3. The van der Waals surface area contributed by atoms with E-state index < -0.39 is 39.9 Å². The molecular weight excluding hydrogens is 272 g/mol. The summed E-state index contributed by atoms with van der Waals surface area (Å²) in [7, 11) is 0. The van der Waals surface area contributed by atoms with Gasteiger partial charge in [0.15, 0.2) is 11.5 Å². The molecule has 0 radical (unpaired) electrons. The van der Waals surface area contributed by atoms with Crippen molar-refractivity contribution < 1.29 is 18.5 Å². The lowest BCUT2D eigenvalue weighted by Gasteiger charge is -2.14. The molecule has 0 aliphatic carbocycles. The van der Waals surface area contributed by atoms with Crippen LogP contribution in [0.4, 0.5) is 20.2 Å². The van der Waals surface area contributed by atoms with Crippen molar-refractivity contribution in [3.8, 4) is 0 Å². The quantitative estimate of drug-likeness (QED) is 0.640. The SMILES string of the molecule is CC(C)CC(N)C(=O)Nc1c(F)cc(F)cc1[N+](=O)[O-]. The Kier molecular flexibility index (Phi) is 5.09. The van der Waals surface area contributed by atoms with Crippen LogP contribution in [0.15, 0.2) is 12.1 Å². The molecule has 1 amide bonds. The number of carbonyl (C=O) groups is 1. The van der Waals surface area contributed by atoms with Crippen molar-refractivity contribution in [2.24, 2.45) is 11.7 Å². The number of anilines is 1. The van der Waals surface area contributed by atoms with Crippen molar-refractivity contribution in [2.45, 2.75) is 26.3 Å². The highest BCUT2D eigenvalue weighted by Crippen LogP contribution is 2.28. The van der Waals surface area contributed by atoms with Crippen LogP contribution in [0.25, 0.3) is 0 Å². The first kappa shape index (κ1) is 16.0. The summed E-state index contributed by atoms with van der Waals surface area (Å²) in [5, 5.41) is 12.8. The molecule has 20 heavy (non-hydrogen) atoms. The zero-order valence-electron chi connectivity index (χ0n) is 11.0. The summed E-state index contributed by atoms with van der Waals surface area (Å²) in [6, 6.07) is 0.0579. The molecule has 0 heterocycles. The van der Waals surface area contributed by atoms with E-state index in [1.54, 1.807) is 0 Å². The largest absolute Gasteiger partial charge is 0.320 e. The van der Waals surface area contributed by atoms with Crippen LogP contribution >= 0.6 is 0 Å². The summed E-state index contributed by atoms with van der Waals surface area (Å²) in [4.78, 5) is 21.5. The fourth-order valence-electron chi connectivity index (χ4n) is 1.66. The number of nitro benzene ring substituents is 1. The minimum absolute atomic E-state index is 0.129. The number of nitro groups is 1. The Bertz CT molecular complexity index is 535. The number of hydrogen-bond donors (Lipinski definition) is 2. The van der Waals surface area contributed by atoms with Crippen molar-refractivity contribution in [3.05, 3.63) is 33.9 Å². The van der Waals surface area contributed by atoms with Crippen molar-refractivity contribution in [1.29, 1.82) is 0 Å². The van der Waals surface area contributed by atoms with E-state index >= 15 is 0 Å². The van der Waals surface area contributed by atoms with Crippen LogP contribution in [0.1, 0.15) is 20.3 Å². The summed E-state index contributed by atoms with van der Waals surface area (Å²) in [6.07, 6.45) is 0.336. The van der Waals surface area contributed by atoms with Crippen LogP contribution in [0.3, 0.4) is 0 Å². The molecule has 0 saturated heterocycles. The number of nitrogens with two attached hydrogens (primary N) is 1. The van der Waals surface area contributed by atoms with Gasteiger partial charge >= 0.3 is 0 Å². The molecular formula is C12H15F2N3O3. The summed E-state index contributed by atoms with van der Waals surface area (Å²) < 4.78 is 26.5. The lowest BCUT2D eigenvalue weighted by Crippen LogP contribution is -2.37. The highest BCUT2D eigenvalue weighted by atomic mass is 19.1. The Morgan fingerprint density at radius 2 is 2.05 bits per heavy atom. The molecule has 3 N–H and O–H groups in total. The summed E-state index contributed by atoms with van der Waals surface area (Å²) in [5.41, 5.74) is 4.06. The summed E-state index contributed by atoms with van der Waals surface area (Å²) >= 11 is 0. The predicted octanol–water partition coefficient (Wildman–Crippen LogP) is 2.18. The Morgan fingerprint density at radius 1 is 1.45 bits per heavy atom. The second kappa shape index (κ2) is 6.38. The van der Waals surface area contributed by atoms with E-state index in [2.05, 4.69) is 0 Å². The second-order valence-electron chi connectivity index (χ2n) is 4.76. The highest BCUT2D eigenvalue weighted by Gasteiger charge is 2.24. The zero-order valence-corrected chi connectivity index (χ0v) is 11.0. The van der Waals surface area contributed by atoms with E-state index in [4.69, 9.17) is 5.73 Å². The van der Waals surface area contributed by atoms with Crippen LogP contribution in [0, 0.1) is 27.7 Å². The van der Waals surface area contributed by atoms with Gasteiger partial charge in [-0.1, -0.05) is 13.8 Å². The second-order valence-corrected chi connectivity index (χ2v) is 4.76. The van der Waals surface area contributed by atoms with Crippen molar-refractivity contribution >= 4 is 17.3 Å². The molecule has 0 spiro atoms. The van der Waals surface area contributed by atoms with E-state index in [9.17, 15) is 23.7 Å². The van der Waals surface area contributed by atoms with Gasteiger partial charge in [-0.2, -0.15) is 0 Å². The van der Waals surface area contributed by atoms with Crippen molar-refractivity contribution in [2.75, 3.05) is 5.32 Å². The van der Waals surface area contributed by atoms with Crippen LogP contribution in [-0.2, 0) is 4.79 Å². The van der Waals surface area contributed by atoms with Crippen LogP contribution in [0.5, 0.6) is 0 Å².